The van der Waals surface area contributed by atoms with E-state index in [4.69, 9.17) is 16.3 Å². The van der Waals surface area contributed by atoms with Crippen LogP contribution in [0, 0.1) is 5.92 Å². The second-order valence-corrected chi connectivity index (χ2v) is 8.71. The molecule has 0 saturated carbocycles. The maximum absolute atomic E-state index is 11.7. The molecule has 0 aliphatic carbocycles. The van der Waals surface area contributed by atoms with Crippen LogP contribution in [-0.2, 0) is 4.79 Å². The van der Waals surface area contributed by atoms with Crippen molar-refractivity contribution >= 4 is 28.4 Å². The molecule has 0 aliphatic heterocycles. The fourth-order valence-electron chi connectivity index (χ4n) is 3.12. The molecular formula is C26H35ClN2O2. The van der Waals surface area contributed by atoms with Crippen molar-refractivity contribution in [1.82, 2.24) is 10.3 Å². The van der Waals surface area contributed by atoms with Crippen LogP contribution >= 0.6 is 11.6 Å². The fraction of sp³-hybridized carbons (Fsp3) is 0.462. The number of ether oxygens (including phenoxy) is 1. The van der Waals surface area contributed by atoms with E-state index in [1.54, 1.807) is 6.08 Å². The Morgan fingerprint density at radius 3 is 2.71 bits per heavy atom. The Labute approximate surface area is 191 Å². The first-order chi connectivity index (χ1) is 15.0. The van der Waals surface area contributed by atoms with Crippen LogP contribution in [0.15, 0.2) is 54.1 Å². The van der Waals surface area contributed by atoms with E-state index >= 15 is 0 Å². The summed E-state index contributed by atoms with van der Waals surface area (Å²) in [6.45, 7) is 7.47. The zero-order valence-electron chi connectivity index (χ0n) is 19.0. The largest absolute Gasteiger partial charge is 0.477 e. The molecule has 168 valence electrons. The number of para-hydroxylation sites is 1. The standard InChI is InChI=1S/C26H35ClN2O2/c1-20(2)19-28-25(30)17-21(3)13-9-7-5-4-6-8-12-16-31-26-23(27)18-22-14-10-11-15-24(22)29-26/h9-11,13-15,17-18,20H,4-8,12,16,19H2,1-3H3,(H,28,30)/b13-9+,21-17+. The van der Waals surface area contributed by atoms with E-state index in [0.717, 1.165) is 42.2 Å². The van der Waals surface area contributed by atoms with E-state index in [1.165, 1.54) is 12.8 Å². The molecule has 0 unspecified atom stereocenters. The third-order valence-corrected chi connectivity index (χ3v) is 5.09. The molecule has 0 spiro atoms. The number of unbranched alkanes of at least 4 members (excludes halogenated alkanes) is 5. The molecule has 0 atom stereocenters. The van der Waals surface area contributed by atoms with Gasteiger partial charge in [0.15, 0.2) is 0 Å². The Balaban J connectivity index is 1.54. The number of hydrogen-bond acceptors (Lipinski definition) is 3. The minimum absolute atomic E-state index is 0.0155. The highest BCUT2D eigenvalue weighted by Crippen LogP contribution is 2.26. The molecule has 1 heterocycles. The summed E-state index contributed by atoms with van der Waals surface area (Å²) in [5.74, 6) is 0.970. The zero-order chi connectivity index (χ0) is 22.5. The van der Waals surface area contributed by atoms with E-state index in [-0.39, 0.29) is 5.91 Å². The highest BCUT2D eigenvalue weighted by molar-refractivity contribution is 6.32. The molecule has 2 aromatic rings. The number of nitrogens with one attached hydrogen (secondary N) is 1. The molecule has 0 bridgehead atoms. The van der Waals surface area contributed by atoms with E-state index in [9.17, 15) is 4.79 Å². The first-order valence-corrected chi connectivity index (χ1v) is 11.6. The molecule has 0 aliphatic rings. The molecular weight excluding hydrogens is 408 g/mol. The third-order valence-electron chi connectivity index (χ3n) is 4.82. The van der Waals surface area contributed by atoms with Crippen molar-refractivity contribution in [3.63, 3.8) is 0 Å². The number of benzene rings is 1. The summed E-state index contributed by atoms with van der Waals surface area (Å²) < 4.78 is 5.79. The number of aromatic nitrogens is 1. The minimum atomic E-state index is -0.0155. The van der Waals surface area contributed by atoms with Gasteiger partial charge >= 0.3 is 0 Å². The summed E-state index contributed by atoms with van der Waals surface area (Å²) in [7, 11) is 0. The van der Waals surface area contributed by atoms with Gasteiger partial charge in [-0.05, 0) is 49.8 Å². The summed E-state index contributed by atoms with van der Waals surface area (Å²) in [6.07, 6.45) is 12.5. The number of amides is 1. The molecule has 1 amide bonds. The third kappa shape index (κ3) is 10.0. The fourth-order valence-corrected chi connectivity index (χ4v) is 3.33. The van der Waals surface area contributed by atoms with Gasteiger partial charge in [-0.1, -0.05) is 75.1 Å². The minimum Gasteiger partial charge on any atom is -0.477 e. The lowest BCUT2D eigenvalue weighted by Gasteiger charge is -2.08. The van der Waals surface area contributed by atoms with Crippen LogP contribution in [0.4, 0.5) is 0 Å². The van der Waals surface area contributed by atoms with Gasteiger partial charge in [0.1, 0.15) is 5.02 Å². The number of carbonyl (C=O) groups is 1. The van der Waals surface area contributed by atoms with Gasteiger partial charge < -0.3 is 10.1 Å². The second-order valence-electron chi connectivity index (χ2n) is 8.30. The molecule has 5 heteroatoms. The average molecular weight is 443 g/mol. The highest BCUT2D eigenvalue weighted by atomic mass is 35.5. The molecule has 0 saturated heterocycles. The quantitative estimate of drug-likeness (QED) is 0.209. The summed E-state index contributed by atoms with van der Waals surface area (Å²) in [5, 5.41) is 4.48. The number of halogens is 1. The summed E-state index contributed by atoms with van der Waals surface area (Å²) >= 11 is 6.27. The lowest BCUT2D eigenvalue weighted by atomic mass is 10.1. The average Bonchev–Trinajstić information content (AvgIpc) is 2.73. The van der Waals surface area contributed by atoms with Crippen LogP contribution in [0.25, 0.3) is 10.9 Å². The van der Waals surface area contributed by atoms with Crippen LogP contribution in [0.1, 0.15) is 59.3 Å². The molecule has 1 N–H and O–H groups in total. The number of hydrogen-bond donors (Lipinski definition) is 1. The molecule has 31 heavy (non-hydrogen) atoms. The molecule has 4 nitrogen and oxygen atoms in total. The zero-order valence-corrected chi connectivity index (χ0v) is 19.8. The summed E-state index contributed by atoms with van der Waals surface area (Å²) in [5.41, 5.74) is 1.88. The molecule has 0 radical (unpaired) electrons. The lowest BCUT2D eigenvalue weighted by molar-refractivity contribution is -0.116. The van der Waals surface area contributed by atoms with Crippen LogP contribution in [0.3, 0.4) is 0 Å². The number of fused-ring (bicyclic) bond motifs is 1. The molecule has 1 aromatic heterocycles. The van der Waals surface area contributed by atoms with Crippen molar-refractivity contribution < 1.29 is 9.53 Å². The van der Waals surface area contributed by atoms with E-state index in [2.05, 4.69) is 30.2 Å². The summed E-state index contributed by atoms with van der Waals surface area (Å²) in [6, 6.07) is 9.80. The van der Waals surface area contributed by atoms with Crippen molar-refractivity contribution in [3.8, 4) is 5.88 Å². The van der Waals surface area contributed by atoms with Gasteiger partial charge in [0.2, 0.25) is 11.8 Å². The Hall–Kier alpha value is -2.33. The van der Waals surface area contributed by atoms with Gasteiger partial charge in [-0.3, -0.25) is 4.79 Å². The molecule has 1 aromatic carbocycles. The van der Waals surface area contributed by atoms with Gasteiger partial charge in [-0.15, -0.1) is 0 Å². The maximum atomic E-state index is 11.7. The van der Waals surface area contributed by atoms with E-state index in [0.29, 0.717) is 30.0 Å². The SMILES string of the molecule is CC(/C=C/CCCCCCCOc1nc2ccccc2cc1Cl)=C\C(=O)NCC(C)C. The predicted molar refractivity (Wildman–Crippen MR) is 131 cm³/mol. The van der Waals surface area contributed by atoms with Crippen molar-refractivity contribution in [2.45, 2.75) is 59.3 Å². The number of carbonyl (C=O) groups excluding carboxylic acids is 1. The number of pyridine rings is 1. The first-order valence-electron chi connectivity index (χ1n) is 11.3. The Morgan fingerprint density at radius 2 is 1.90 bits per heavy atom. The molecule has 2 rings (SSSR count). The lowest BCUT2D eigenvalue weighted by Crippen LogP contribution is -2.25. The van der Waals surface area contributed by atoms with Crippen molar-refractivity contribution in [2.24, 2.45) is 5.92 Å². The monoisotopic (exact) mass is 442 g/mol. The Bertz CT molecular complexity index is 890. The van der Waals surface area contributed by atoms with Crippen LogP contribution in [-0.4, -0.2) is 24.0 Å². The van der Waals surface area contributed by atoms with E-state index in [1.807, 2.05) is 43.3 Å². The number of allylic oxidation sites excluding steroid dienone is 3. The van der Waals surface area contributed by atoms with E-state index < -0.39 is 0 Å². The van der Waals surface area contributed by atoms with Crippen molar-refractivity contribution in [1.29, 1.82) is 0 Å². The molecule has 0 fully saturated rings. The van der Waals surface area contributed by atoms with Gasteiger partial charge in [0.25, 0.3) is 0 Å². The maximum Gasteiger partial charge on any atom is 0.244 e. The van der Waals surface area contributed by atoms with Gasteiger partial charge in [-0.2, -0.15) is 0 Å². The van der Waals surface area contributed by atoms with Gasteiger partial charge in [0.05, 0.1) is 12.1 Å². The Kier molecular flexibility index (Phi) is 11.2. The smallest absolute Gasteiger partial charge is 0.244 e. The normalized spacial score (nSPS) is 12.1. The van der Waals surface area contributed by atoms with Crippen LogP contribution < -0.4 is 10.1 Å². The summed E-state index contributed by atoms with van der Waals surface area (Å²) in [4.78, 5) is 16.2. The predicted octanol–water partition coefficient (Wildman–Crippen LogP) is 6.88. The second kappa shape index (κ2) is 13.9. The van der Waals surface area contributed by atoms with Crippen LogP contribution in [0.2, 0.25) is 5.02 Å². The van der Waals surface area contributed by atoms with Crippen molar-refractivity contribution in [2.75, 3.05) is 13.2 Å². The number of nitrogens with zero attached hydrogens (tertiary/aromatic N) is 1. The Morgan fingerprint density at radius 1 is 1.16 bits per heavy atom. The van der Waals surface area contributed by atoms with Gasteiger partial charge in [0, 0.05) is 18.0 Å². The first kappa shape index (κ1) is 24.9. The van der Waals surface area contributed by atoms with Gasteiger partial charge in [-0.25, -0.2) is 4.98 Å². The number of rotatable bonds is 13. The highest BCUT2D eigenvalue weighted by Gasteiger charge is 2.06. The van der Waals surface area contributed by atoms with Crippen LogP contribution in [0.5, 0.6) is 5.88 Å². The van der Waals surface area contributed by atoms with Crippen molar-refractivity contribution in [3.05, 3.63) is 59.2 Å². The topological polar surface area (TPSA) is 51.2 Å².